The fourth-order valence-electron chi connectivity index (χ4n) is 2.12. The molecule has 0 aliphatic carbocycles. The van der Waals surface area contributed by atoms with Crippen molar-refractivity contribution in [2.75, 3.05) is 20.7 Å². The van der Waals surface area contributed by atoms with Crippen LogP contribution in [-0.2, 0) is 4.79 Å². The Labute approximate surface area is 124 Å². The smallest absolute Gasteiger partial charge is 0.317 e. The van der Waals surface area contributed by atoms with Crippen molar-refractivity contribution in [3.8, 4) is 5.75 Å². The van der Waals surface area contributed by atoms with Crippen LogP contribution in [0.15, 0.2) is 24.3 Å². The number of ether oxygens (including phenoxy) is 1. The van der Waals surface area contributed by atoms with Crippen LogP contribution in [0.25, 0.3) is 0 Å². The summed E-state index contributed by atoms with van der Waals surface area (Å²) in [7, 11) is 3.30. The number of carboxylic acid groups (broad SMARTS) is 1. The lowest BCUT2D eigenvalue weighted by Crippen LogP contribution is -2.40. The average Bonchev–Trinajstić information content (AvgIpc) is 2.47. The molecular weight excluding hydrogens is 272 g/mol. The van der Waals surface area contributed by atoms with Gasteiger partial charge in [0.1, 0.15) is 5.75 Å². The third-order valence-electron chi connectivity index (χ3n) is 3.27. The molecule has 0 radical (unpaired) electrons. The number of carbonyl (C=O) groups is 2. The Morgan fingerprint density at radius 3 is 2.71 bits per heavy atom. The molecule has 0 heterocycles. The second-order valence-corrected chi connectivity index (χ2v) is 4.69. The van der Waals surface area contributed by atoms with Gasteiger partial charge in [-0.3, -0.25) is 4.79 Å². The normalized spacial score (nSPS) is 11.6. The van der Waals surface area contributed by atoms with E-state index < -0.39 is 5.97 Å². The lowest BCUT2D eigenvalue weighted by molar-refractivity contribution is -0.136. The minimum atomic E-state index is -0.933. The number of carboxylic acids is 1. The van der Waals surface area contributed by atoms with Gasteiger partial charge in [0.15, 0.2) is 0 Å². The standard InChI is InChI=1S/C15H22N2O4/c1-4-13(11-6-5-7-12(10-11)21-3)17(2)15(20)16-9-8-14(18)19/h5-7,10,13H,4,8-9H2,1-3H3,(H,16,20)(H,18,19). The van der Waals surface area contributed by atoms with Gasteiger partial charge in [-0.15, -0.1) is 0 Å². The number of aliphatic carboxylic acids is 1. The van der Waals surface area contributed by atoms with E-state index in [1.165, 1.54) is 0 Å². The number of methoxy groups -OCH3 is 1. The highest BCUT2D eigenvalue weighted by molar-refractivity contribution is 5.75. The van der Waals surface area contributed by atoms with E-state index in [4.69, 9.17) is 9.84 Å². The van der Waals surface area contributed by atoms with E-state index in [0.717, 1.165) is 17.7 Å². The first-order valence-corrected chi connectivity index (χ1v) is 6.86. The molecule has 6 nitrogen and oxygen atoms in total. The molecule has 21 heavy (non-hydrogen) atoms. The zero-order valence-electron chi connectivity index (χ0n) is 12.6. The van der Waals surface area contributed by atoms with Gasteiger partial charge in [0.25, 0.3) is 0 Å². The predicted molar refractivity (Wildman–Crippen MR) is 79.4 cm³/mol. The Balaban J connectivity index is 2.73. The Kier molecular flexibility index (Phi) is 6.52. The highest BCUT2D eigenvalue weighted by Crippen LogP contribution is 2.26. The molecule has 0 fully saturated rings. The number of nitrogens with one attached hydrogen (secondary N) is 1. The first-order chi connectivity index (χ1) is 9.99. The fraction of sp³-hybridized carbons (Fsp3) is 0.467. The molecule has 0 aliphatic heterocycles. The Morgan fingerprint density at radius 2 is 2.14 bits per heavy atom. The van der Waals surface area contributed by atoms with Crippen molar-refractivity contribution in [3.05, 3.63) is 29.8 Å². The maximum Gasteiger partial charge on any atom is 0.317 e. The Morgan fingerprint density at radius 1 is 1.43 bits per heavy atom. The number of urea groups is 1. The molecule has 6 heteroatoms. The van der Waals surface area contributed by atoms with Crippen LogP contribution >= 0.6 is 0 Å². The van der Waals surface area contributed by atoms with E-state index in [1.807, 2.05) is 31.2 Å². The molecule has 1 rings (SSSR count). The third kappa shape index (κ3) is 4.98. The van der Waals surface area contributed by atoms with Gasteiger partial charge in [-0.05, 0) is 24.1 Å². The van der Waals surface area contributed by atoms with Gasteiger partial charge in [0.2, 0.25) is 0 Å². The number of hydrogen-bond acceptors (Lipinski definition) is 3. The molecule has 1 unspecified atom stereocenters. The number of benzene rings is 1. The maximum atomic E-state index is 12.0. The topological polar surface area (TPSA) is 78.9 Å². The molecule has 1 atom stereocenters. The quantitative estimate of drug-likeness (QED) is 0.808. The fourth-order valence-corrected chi connectivity index (χ4v) is 2.12. The van der Waals surface area contributed by atoms with E-state index >= 15 is 0 Å². The van der Waals surface area contributed by atoms with Crippen LogP contribution in [-0.4, -0.2) is 42.7 Å². The molecule has 0 aliphatic rings. The molecular formula is C15H22N2O4. The van der Waals surface area contributed by atoms with E-state index in [1.54, 1.807) is 19.1 Å². The van der Waals surface area contributed by atoms with Crippen LogP contribution in [0.3, 0.4) is 0 Å². The van der Waals surface area contributed by atoms with Crippen molar-refractivity contribution in [1.82, 2.24) is 10.2 Å². The molecule has 0 spiro atoms. The van der Waals surface area contributed by atoms with Crippen LogP contribution in [0.4, 0.5) is 4.79 Å². The van der Waals surface area contributed by atoms with Gasteiger partial charge in [0.05, 0.1) is 19.6 Å². The third-order valence-corrected chi connectivity index (χ3v) is 3.27. The number of rotatable bonds is 7. The molecule has 1 aromatic rings. The van der Waals surface area contributed by atoms with E-state index in [-0.39, 0.29) is 25.0 Å². The highest BCUT2D eigenvalue weighted by atomic mass is 16.5. The second-order valence-electron chi connectivity index (χ2n) is 4.69. The minimum Gasteiger partial charge on any atom is -0.497 e. The molecule has 2 N–H and O–H groups in total. The minimum absolute atomic E-state index is 0.0878. The molecule has 0 saturated carbocycles. The van der Waals surface area contributed by atoms with Gasteiger partial charge in [-0.1, -0.05) is 19.1 Å². The highest BCUT2D eigenvalue weighted by Gasteiger charge is 2.20. The summed E-state index contributed by atoms with van der Waals surface area (Å²) < 4.78 is 5.20. The summed E-state index contributed by atoms with van der Waals surface area (Å²) >= 11 is 0. The Bertz CT molecular complexity index is 490. The van der Waals surface area contributed by atoms with Crippen molar-refractivity contribution in [3.63, 3.8) is 0 Å². The zero-order chi connectivity index (χ0) is 15.8. The number of amides is 2. The van der Waals surface area contributed by atoms with Crippen molar-refractivity contribution in [2.24, 2.45) is 0 Å². The van der Waals surface area contributed by atoms with E-state index in [0.29, 0.717) is 0 Å². The van der Waals surface area contributed by atoms with Crippen molar-refractivity contribution >= 4 is 12.0 Å². The van der Waals surface area contributed by atoms with Crippen molar-refractivity contribution in [1.29, 1.82) is 0 Å². The van der Waals surface area contributed by atoms with Crippen LogP contribution in [0.5, 0.6) is 5.75 Å². The van der Waals surface area contributed by atoms with Crippen LogP contribution in [0.1, 0.15) is 31.4 Å². The summed E-state index contributed by atoms with van der Waals surface area (Å²) in [5.74, 6) is -0.191. The van der Waals surface area contributed by atoms with Gasteiger partial charge < -0.3 is 20.1 Å². The number of hydrogen-bond donors (Lipinski definition) is 2. The van der Waals surface area contributed by atoms with E-state index in [9.17, 15) is 9.59 Å². The molecule has 0 aromatic heterocycles. The zero-order valence-corrected chi connectivity index (χ0v) is 12.6. The van der Waals surface area contributed by atoms with Gasteiger partial charge in [-0.2, -0.15) is 0 Å². The van der Waals surface area contributed by atoms with Crippen molar-refractivity contribution in [2.45, 2.75) is 25.8 Å². The Hall–Kier alpha value is -2.24. The number of carbonyl (C=O) groups excluding carboxylic acids is 1. The van der Waals surface area contributed by atoms with Gasteiger partial charge in [0, 0.05) is 13.6 Å². The maximum absolute atomic E-state index is 12.0. The lowest BCUT2D eigenvalue weighted by Gasteiger charge is -2.28. The van der Waals surface area contributed by atoms with Crippen LogP contribution in [0.2, 0.25) is 0 Å². The summed E-state index contributed by atoms with van der Waals surface area (Å²) in [6, 6.07) is 7.19. The largest absolute Gasteiger partial charge is 0.497 e. The summed E-state index contributed by atoms with van der Waals surface area (Å²) in [6.07, 6.45) is 0.658. The molecule has 0 bridgehead atoms. The molecule has 116 valence electrons. The molecule has 1 aromatic carbocycles. The SMILES string of the molecule is CCC(c1cccc(OC)c1)N(C)C(=O)NCCC(=O)O. The average molecular weight is 294 g/mol. The monoisotopic (exact) mass is 294 g/mol. The molecule has 0 saturated heterocycles. The number of nitrogens with zero attached hydrogens (tertiary/aromatic N) is 1. The predicted octanol–water partition coefficient (Wildman–Crippen LogP) is 2.26. The van der Waals surface area contributed by atoms with E-state index in [2.05, 4.69) is 5.32 Å². The first kappa shape index (κ1) is 16.8. The summed E-state index contributed by atoms with van der Waals surface area (Å²) in [5, 5.41) is 11.2. The van der Waals surface area contributed by atoms with Gasteiger partial charge >= 0.3 is 12.0 Å². The second kappa shape index (κ2) is 8.14. The molecule has 2 amide bonds. The van der Waals surface area contributed by atoms with Crippen molar-refractivity contribution < 1.29 is 19.4 Å². The van der Waals surface area contributed by atoms with Crippen LogP contribution < -0.4 is 10.1 Å². The summed E-state index contributed by atoms with van der Waals surface area (Å²) in [6.45, 7) is 2.11. The first-order valence-electron chi connectivity index (χ1n) is 6.86. The summed E-state index contributed by atoms with van der Waals surface area (Å²) in [4.78, 5) is 24.1. The van der Waals surface area contributed by atoms with Crippen LogP contribution in [0, 0.1) is 0 Å². The lowest BCUT2D eigenvalue weighted by atomic mass is 10.0. The van der Waals surface area contributed by atoms with Gasteiger partial charge in [-0.25, -0.2) is 4.79 Å². The summed E-state index contributed by atoms with van der Waals surface area (Å²) in [5.41, 5.74) is 0.979.